The van der Waals surface area contributed by atoms with Crippen molar-refractivity contribution < 1.29 is 0 Å². The minimum absolute atomic E-state index is 0.252. The quantitative estimate of drug-likeness (QED) is 0.577. The van der Waals surface area contributed by atoms with E-state index in [1.165, 1.54) is 62.5 Å². The van der Waals surface area contributed by atoms with E-state index in [9.17, 15) is 0 Å². The fourth-order valence-electron chi connectivity index (χ4n) is 7.23. The van der Waals surface area contributed by atoms with E-state index in [1.54, 1.807) is 5.57 Å². The van der Waals surface area contributed by atoms with Crippen molar-refractivity contribution in [2.75, 3.05) is 0 Å². The molecule has 5 atom stereocenters. The van der Waals surface area contributed by atoms with Crippen LogP contribution in [0.3, 0.4) is 0 Å². The lowest BCUT2D eigenvalue weighted by molar-refractivity contribution is -0.0463. The summed E-state index contributed by atoms with van der Waals surface area (Å²) in [5.41, 5.74) is 5.47. The first-order valence-electron chi connectivity index (χ1n) is 10.5. The molecule has 4 aliphatic rings. The summed E-state index contributed by atoms with van der Waals surface area (Å²) in [6.45, 7) is 5.16. The molecule has 0 radical (unpaired) electrons. The van der Waals surface area contributed by atoms with Crippen LogP contribution in [0.2, 0.25) is 0 Å². The minimum atomic E-state index is 0.252. The second kappa shape index (κ2) is 5.56. The predicted molar refractivity (Wildman–Crippen MR) is 104 cm³/mol. The number of aromatic nitrogens is 1. The van der Waals surface area contributed by atoms with Crippen LogP contribution in [0.5, 0.6) is 0 Å². The van der Waals surface area contributed by atoms with E-state index >= 15 is 0 Å². The molecule has 1 aromatic heterocycles. The van der Waals surface area contributed by atoms with E-state index < -0.39 is 0 Å². The van der Waals surface area contributed by atoms with Crippen molar-refractivity contribution in [2.45, 2.75) is 65.2 Å². The Labute approximate surface area is 152 Å². The highest BCUT2D eigenvalue weighted by Crippen LogP contribution is 2.66. The third kappa shape index (κ3) is 2.17. The molecular formula is C24H31N. The molecule has 3 saturated carbocycles. The molecule has 4 aliphatic carbocycles. The molecule has 0 aromatic carbocycles. The highest BCUT2D eigenvalue weighted by atomic mass is 14.6. The van der Waals surface area contributed by atoms with E-state index in [-0.39, 0.29) is 5.41 Å². The fraction of sp³-hybridized carbons (Fsp3) is 0.625. The van der Waals surface area contributed by atoms with E-state index in [0.29, 0.717) is 5.41 Å². The lowest BCUT2D eigenvalue weighted by Crippen LogP contribution is -2.49. The molecule has 1 heteroatoms. The van der Waals surface area contributed by atoms with Crippen molar-refractivity contribution in [3.05, 3.63) is 47.8 Å². The van der Waals surface area contributed by atoms with Gasteiger partial charge in [-0.2, -0.15) is 0 Å². The second-order valence-corrected chi connectivity index (χ2v) is 9.55. The molecule has 1 aromatic rings. The van der Waals surface area contributed by atoms with Crippen LogP contribution >= 0.6 is 0 Å². The molecule has 0 saturated heterocycles. The average molecular weight is 334 g/mol. The Bertz CT molecular complexity index is 730. The number of hydrogen-bond acceptors (Lipinski definition) is 1. The van der Waals surface area contributed by atoms with Crippen LogP contribution in [0.1, 0.15) is 70.8 Å². The molecule has 1 unspecified atom stereocenters. The third-order valence-corrected chi connectivity index (χ3v) is 8.60. The summed E-state index contributed by atoms with van der Waals surface area (Å²) in [6.07, 6.45) is 20.4. The lowest BCUT2D eigenvalue weighted by Gasteiger charge is -2.58. The first kappa shape index (κ1) is 15.9. The molecule has 0 aliphatic heterocycles. The van der Waals surface area contributed by atoms with E-state index in [4.69, 9.17) is 0 Å². The Morgan fingerprint density at radius 1 is 1.00 bits per heavy atom. The first-order valence-corrected chi connectivity index (χ1v) is 10.5. The summed E-state index contributed by atoms with van der Waals surface area (Å²) in [5, 5.41) is 0. The third-order valence-electron chi connectivity index (χ3n) is 8.60. The maximum absolute atomic E-state index is 4.38. The SMILES string of the molecule is C[C@]12CC[C@H]3[C@@H](CCC4CCCC[C@@]43C)C1=CC=C2c1cccnc1. The summed E-state index contributed by atoms with van der Waals surface area (Å²) in [6, 6.07) is 4.32. The first-order chi connectivity index (χ1) is 12.1. The van der Waals surface area contributed by atoms with Gasteiger partial charge >= 0.3 is 0 Å². The summed E-state index contributed by atoms with van der Waals surface area (Å²) < 4.78 is 0. The molecule has 25 heavy (non-hydrogen) atoms. The van der Waals surface area contributed by atoms with Crippen molar-refractivity contribution in [1.82, 2.24) is 4.98 Å². The van der Waals surface area contributed by atoms with Gasteiger partial charge in [-0.3, -0.25) is 4.98 Å². The molecule has 0 N–H and O–H groups in total. The number of nitrogens with zero attached hydrogens (tertiary/aromatic N) is 1. The normalized spacial score (nSPS) is 42.7. The number of fused-ring (bicyclic) bond motifs is 5. The Kier molecular flexibility index (Phi) is 3.53. The molecule has 5 rings (SSSR count). The van der Waals surface area contributed by atoms with E-state index in [2.05, 4.69) is 49.3 Å². The number of rotatable bonds is 1. The summed E-state index contributed by atoms with van der Waals surface area (Å²) >= 11 is 0. The van der Waals surface area contributed by atoms with Crippen LogP contribution in [-0.4, -0.2) is 4.98 Å². The smallest absolute Gasteiger partial charge is 0.0343 e. The zero-order valence-corrected chi connectivity index (χ0v) is 15.8. The van der Waals surface area contributed by atoms with Gasteiger partial charge in [-0.15, -0.1) is 0 Å². The molecule has 132 valence electrons. The summed E-state index contributed by atoms with van der Waals surface area (Å²) in [7, 11) is 0. The van der Waals surface area contributed by atoms with Crippen LogP contribution < -0.4 is 0 Å². The van der Waals surface area contributed by atoms with Gasteiger partial charge in [0.1, 0.15) is 0 Å². The standard InChI is InChI=1S/C24H31N/c1-23-13-4-3-7-18(23)8-9-19-21-11-10-20(17-6-5-15-25-16-17)24(21,2)14-12-22(19)23/h5-6,10-11,15-16,18-19,22H,3-4,7-9,12-14H2,1-2H3/t18?,19-,22-,23-,24+/m0/s1. The number of pyridine rings is 1. The summed E-state index contributed by atoms with van der Waals surface area (Å²) in [4.78, 5) is 4.38. The zero-order chi connectivity index (χ0) is 17.1. The van der Waals surface area contributed by atoms with Crippen molar-refractivity contribution in [3.8, 4) is 0 Å². The van der Waals surface area contributed by atoms with Gasteiger partial charge in [0.15, 0.2) is 0 Å². The number of hydrogen-bond donors (Lipinski definition) is 0. The van der Waals surface area contributed by atoms with Crippen molar-refractivity contribution in [3.63, 3.8) is 0 Å². The van der Waals surface area contributed by atoms with Gasteiger partial charge in [-0.1, -0.05) is 50.5 Å². The Morgan fingerprint density at radius 2 is 1.92 bits per heavy atom. The van der Waals surface area contributed by atoms with Gasteiger partial charge in [-0.05, 0) is 78.9 Å². The van der Waals surface area contributed by atoms with Gasteiger partial charge in [0.25, 0.3) is 0 Å². The highest BCUT2D eigenvalue weighted by Gasteiger charge is 2.55. The number of allylic oxidation sites excluding steroid dienone is 4. The van der Waals surface area contributed by atoms with Crippen LogP contribution in [0.25, 0.3) is 5.57 Å². The maximum Gasteiger partial charge on any atom is 0.0343 e. The molecule has 1 nitrogen and oxygen atoms in total. The Balaban J connectivity index is 1.48. The van der Waals surface area contributed by atoms with Gasteiger partial charge in [0, 0.05) is 17.8 Å². The van der Waals surface area contributed by atoms with Crippen molar-refractivity contribution in [2.24, 2.45) is 28.6 Å². The monoisotopic (exact) mass is 333 g/mol. The maximum atomic E-state index is 4.38. The Morgan fingerprint density at radius 3 is 2.76 bits per heavy atom. The van der Waals surface area contributed by atoms with Crippen LogP contribution in [-0.2, 0) is 0 Å². The molecule has 0 spiro atoms. The van der Waals surface area contributed by atoms with Gasteiger partial charge in [-0.25, -0.2) is 0 Å². The summed E-state index contributed by atoms with van der Waals surface area (Å²) in [5.74, 6) is 2.75. The van der Waals surface area contributed by atoms with Crippen molar-refractivity contribution >= 4 is 5.57 Å². The van der Waals surface area contributed by atoms with Gasteiger partial charge in [0.2, 0.25) is 0 Å². The highest BCUT2D eigenvalue weighted by molar-refractivity contribution is 5.78. The van der Waals surface area contributed by atoms with E-state index in [0.717, 1.165) is 17.8 Å². The van der Waals surface area contributed by atoms with Crippen LogP contribution in [0, 0.1) is 28.6 Å². The van der Waals surface area contributed by atoms with Crippen LogP contribution in [0.4, 0.5) is 0 Å². The zero-order valence-electron chi connectivity index (χ0n) is 15.8. The minimum Gasteiger partial charge on any atom is -0.264 e. The fourth-order valence-corrected chi connectivity index (χ4v) is 7.23. The molecule has 0 bridgehead atoms. The predicted octanol–water partition coefficient (Wildman–Crippen LogP) is 6.43. The molecule has 0 amide bonds. The second-order valence-electron chi connectivity index (χ2n) is 9.55. The Hall–Kier alpha value is -1.37. The lowest BCUT2D eigenvalue weighted by atomic mass is 9.46. The van der Waals surface area contributed by atoms with Gasteiger partial charge < -0.3 is 0 Å². The largest absolute Gasteiger partial charge is 0.264 e. The molecule has 3 fully saturated rings. The molecule has 1 heterocycles. The van der Waals surface area contributed by atoms with Crippen LogP contribution in [0.15, 0.2) is 42.3 Å². The topological polar surface area (TPSA) is 12.9 Å². The molecular weight excluding hydrogens is 302 g/mol. The van der Waals surface area contributed by atoms with E-state index in [1.807, 2.05) is 6.20 Å². The average Bonchev–Trinajstić information content (AvgIpc) is 2.99. The van der Waals surface area contributed by atoms with Gasteiger partial charge in [0.05, 0.1) is 0 Å². The van der Waals surface area contributed by atoms with Crippen molar-refractivity contribution in [1.29, 1.82) is 0 Å².